The molecule has 15 heavy (non-hydrogen) atoms. The molecule has 1 aromatic carbocycles. The van der Waals surface area contributed by atoms with Gasteiger partial charge in [0.1, 0.15) is 5.82 Å². The van der Waals surface area contributed by atoms with Gasteiger partial charge >= 0.3 is 0 Å². The monoisotopic (exact) mass is 201 g/mol. The molecule has 0 N–H and O–H groups in total. The predicted octanol–water partition coefficient (Wildman–Crippen LogP) is 3.12. The number of hydrogen-bond donors (Lipinski definition) is 0. The zero-order valence-corrected chi connectivity index (χ0v) is 8.57. The highest BCUT2D eigenvalue weighted by atomic mass is 19.1. The molecule has 2 heteroatoms. The predicted molar refractivity (Wildman–Crippen MR) is 58.2 cm³/mol. The van der Waals surface area contributed by atoms with Crippen LogP contribution in [0, 0.1) is 12.7 Å². The minimum absolute atomic E-state index is 0.153. The molecule has 0 fully saturated rings. The van der Waals surface area contributed by atoms with Crippen LogP contribution in [0.2, 0.25) is 0 Å². The van der Waals surface area contributed by atoms with Crippen molar-refractivity contribution in [2.75, 3.05) is 0 Å². The van der Waals surface area contributed by atoms with E-state index in [0.717, 1.165) is 17.7 Å². The molecule has 0 spiro atoms. The SMILES string of the molecule is Cc1cc(Cc2ccccn2)ccc1F. The second kappa shape index (κ2) is 4.22. The molecular weight excluding hydrogens is 189 g/mol. The Hall–Kier alpha value is -1.70. The molecule has 0 saturated carbocycles. The Morgan fingerprint density at radius 3 is 2.73 bits per heavy atom. The Bertz CT molecular complexity index is 451. The van der Waals surface area contributed by atoms with Gasteiger partial charge in [-0.15, -0.1) is 0 Å². The maximum Gasteiger partial charge on any atom is 0.126 e. The fraction of sp³-hybridized carbons (Fsp3) is 0.154. The molecule has 0 bridgehead atoms. The van der Waals surface area contributed by atoms with E-state index in [0.29, 0.717) is 5.56 Å². The van der Waals surface area contributed by atoms with Crippen LogP contribution in [0.3, 0.4) is 0 Å². The number of aryl methyl sites for hydroxylation is 1. The Labute approximate surface area is 88.6 Å². The first-order valence-electron chi connectivity index (χ1n) is 4.90. The average molecular weight is 201 g/mol. The number of nitrogens with zero attached hydrogens (tertiary/aromatic N) is 1. The van der Waals surface area contributed by atoms with E-state index in [-0.39, 0.29) is 5.82 Å². The van der Waals surface area contributed by atoms with Crippen molar-refractivity contribution in [3.8, 4) is 0 Å². The molecule has 0 aliphatic rings. The van der Waals surface area contributed by atoms with Gasteiger partial charge in [0.15, 0.2) is 0 Å². The number of halogens is 1. The maximum absolute atomic E-state index is 13.0. The third kappa shape index (κ3) is 2.40. The molecule has 0 amide bonds. The minimum Gasteiger partial charge on any atom is -0.261 e. The van der Waals surface area contributed by atoms with E-state index in [9.17, 15) is 4.39 Å². The smallest absolute Gasteiger partial charge is 0.126 e. The molecule has 0 unspecified atom stereocenters. The lowest BCUT2D eigenvalue weighted by Crippen LogP contribution is -1.92. The molecule has 76 valence electrons. The summed E-state index contributed by atoms with van der Waals surface area (Å²) in [5.74, 6) is -0.153. The van der Waals surface area contributed by atoms with Crippen LogP contribution < -0.4 is 0 Å². The van der Waals surface area contributed by atoms with Gasteiger partial charge in [-0.1, -0.05) is 18.2 Å². The summed E-state index contributed by atoms with van der Waals surface area (Å²) >= 11 is 0. The zero-order chi connectivity index (χ0) is 10.7. The van der Waals surface area contributed by atoms with E-state index in [1.807, 2.05) is 24.3 Å². The lowest BCUT2D eigenvalue weighted by atomic mass is 10.1. The third-order valence-electron chi connectivity index (χ3n) is 2.33. The summed E-state index contributed by atoms with van der Waals surface area (Å²) < 4.78 is 13.0. The van der Waals surface area contributed by atoms with Crippen molar-refractivity contribution >= 4 is 0 Å². The summed E-state index contributed by atoms with van der Waals surface area (Å²) in [6.07, 6.45) is 2.52. The van der Waals surface area contributed by atoms with Crippen LogP contribution in [-0.2, 0) is 6.42 Å². The standard InChI is InChI=1S/C13H12FN/c1-10-8-11(5-6-13(10)14)9-12-4-2-3-7-15-12/h2-8H,9H2,1H3. The molecule has 0 aliphatic carbocycles. The number of hydrogen-bond acceptors (Lipinski definition) is 1. The van der Waals surface area contributed by atoms with E-state index in [1.165, 1.54) is 6.07 Å². The molecule has 0 atom stereocenters. The van der Waals surface area contributed by atoms with E-state index in [4.69, 9.17) is 0 Å². The molecule has 1 heterocycles. The quantitative estimate of drug-likeness (QED) is 0.727. The van der Waals surface area contributed by atoms with Gasteiger partial charge in [-0.3, -0.25) is 4.98 Å². The molecule has 0 aliphatic heterocycles. The number of rotatable bonds is 2. The molecule has 1 nitrogen and oxygen atoms in total. The largest absolute Gasteiger partial charge is 0.261 e. The molecule has 1 aromatic heterocycles. The van der Waals surface area contributed by atoms with Crippen LogP contribution in [0.15, 0.2) is 42.6 Å². The van der Waals surface area contributed by atoms with Gasteiger partial charge in [0.2, 0.25) is 0 Å². The first kappa shape index (κ1) is 9.84. The molecule has 2 aromatic rings. The van der Waals surface area contributed by atoms with Gasteiger partial charge in [-0.25, -0.2) is 4.39 Å². The molecule has 0 radical (unpaired) electrons. The number of benzene rings is 1. The number of aromatic nitrogens is 1. The third-order valence-corrected chi connectivity index (χ3v) is 2.33. The molecule has 2 rings (SSSR count). The van der Waals surface area contributed by atoms with Crippen LogP contribution >= 0.6 is 0 Å². The Balaban J connectivity index is 2.22. The molecular formula is C13H12FN. The van der Waals surface area contributed by atoms with Crippen LogP contribution in [0.25, 0.3) is 0 Å². The van der Waals surface area contributed by atoms with E-state index < -0.39 is 0 Å². The molecule has 0 saturated heterocycles. The van der Waals surface area contributed by atoms with Crippen LogP contribution in [-0.4, -0.2) is 4.98 Å². The first-order chi connectivity index (χ1) is 7.25. The van der Waals surface area contributed by atoms with Gasteiger partial charge in [-0.2, -0.15) is 0 Å². The van der Waals surface area contributed by atoms with Crippen molar-refractivity contribution in [3.63, 3.8) is 0 Å². The lowest BCUT2D eigenvalue weighted by Gasteiger charge is -2.02. The highest BCUT2D eigenvalue weighted by molar-refractivity contribution is 5.27. The van der Waals surface area contributed by atoms with Crippen LogP contribution in [0.5, 0.6) is 0 Å². The maximum atomic E-state index is 13.0. The Morgan fingerprint density at radius 2 is 2.07 bits per heavy atom. The Kier molecular flexibility index (Phi) is 2.77. The second-order valence-electron chi connectivity index (χ2n) is 3.58. The van der Waals surface area contributed by atoms with Gasteiger partial charge < -0.3 is 0 Å². The average Bonchev–Trinajstić information content (AvgIpc) is 2.25. The highest BCUT2D eigenvalue weighted by Gasteiger charge is 2.00. The van der Waals surface area contributed by atoms with Gasteiger partial charge in [0, 0.05) is 18.3 Å². The zero-order valence-electron chi connectivity index (χ0n) is 8.57. The van der Waals surface area contributed by atoms with Gasteiger partial charge in [-0.05, 0) is 36.2 Å². The van der Waals surface area contributed by atoms with Gasteiger partial charge in [0.25, 0.3) is 0 Å². The van der Waals surface area contributed by atoms with Crippen molar-refractivity contribution in [1.29, 1.82) is 0 Å². The summed E-state index contributed by atoms with van der Waals surface area (Å²) in [7, 11) is 0. The van der Waals surface area contributed by atoms with E-state index >= 15 is 0 Å². The summed E-state index contributed by atoms with van der Waals surface area (Å²) in [4.78, 5) is 4.23. The highest BCUT2D eigenvalue weighted by Crippen LogP contribution is 2.12. The van der Waals surface area contributed by atoms with Gasteiger partial charge in [0.05, 0.1) is 0 Å². The second-order valence-corrected chi connectivity index (χ2v) is 3.58. The fourth-order valence-corrected chi connectivity index (χ4v) is 1.53. The van der Waals surface area contributed by atoms with Crippen molar-refractivity contribution in [2.24, 2.45) is 0 Å². The summed E-state index contributed by atoms with van der Waals surface area (Å²) in [5, 5.41) is 0. The summed E-state index contributed by atoms with van der Waals surface area (Å²) in [6.45, 7) is 1.78. The van der Waals surface area contributed by atoms with Crippen molar-refractivity contribution in [2.45, 2.75) is 13.3 Å². The number of pyridine rings is 1. The topological polar surface area (TPSA) is 12.9 Å². The first-order valence-corrected chi connectivity index (χ1v) is 4.90. The van der Waals surface area contributed by atoms with Crippen molar-refractivity contribution in [3.05, 3.63) is 65.2 Å². The van der Waals surface area contributed by atoms with Crippen molar-refractivity contribution in [1.82, 2.24) is 4.98 Å². The minimum atomic E-state index is -0.153. The Morgan fingerprint density at radius 1 is 1.20 bits per heavy atom. The van der Waals surface area contributed by atoms with Crippen molar-refractivity contribution < 1.29 is 4.39 Å². The summed E-state index contributed by atoms with van der Waals surface area (Å²) in [5.41, 5.74) is 2.78. The normalized spacial score (nSPS) is 10.3. The summed E-state index contributed by atoms with van der Waals surface area (Å²) in [6, 6.07) is 11.0. The van der Waals surface area contributed by atoms with Crippen LogP contribution in [0.1, 0.15) is 16.8 Å². The van der Waals surface area contributed by atoms with Crippen LogP contribution in [0.4, 0.5) is 4.39 Å². The van der Waals surface area contributed by atoms with E-state index in [2.05, 4.69) is 4.98 Å². The van der Waals surface area contributed by atoms with E-state index in [1.54, 1.807) is 19.2 Å². The fourth-order valence-electron chi connectivity index (χ4n) is 1.53. The lowest BCUT2D eigenvalue weighted by molar-refractivity contribution is 0.617.